The first kappa shape index (κ1) is 21.2. The lowest BCUT2D eigenvalue weighted by Gasteiger charge is -2.32. The Bertz CT molecular complexity index is 1150. The predicted molar refractivity (Wildman–Crippen MR) is 107 cm³/mol. The second-order valence-electron chi connectivity index (χ2n) is 6.37. The fraction of sp³-hybridized carbons (Fsp3) is 0.0952. The summed E-state index contributed by atoms with van der Waals surface area (Å²) in [5, 5.41) is 0.319. The van der Waals surface area contributed by atoms with Gasteiger partial charge in [-0.05, 0) is 73.5 Å². The number of anilines is 1. The summed E-state index contributed by atoms with van der Waals surface area (Å²) in [5.41, 5.74) is 0.0920. The van der Waals surface area contributed by atoms with E-state index in [0.29, 0.717) is 10.6 Å². The van der Waals surface area contributed by atoms with Crippen molar-refractivity contribution >= 4 is 27.3 Å². The summed E-state index contributed by atoms with van der Waals surface area (Å²) in [6.45, 7) is 5.22. The standard InChI is InChI=1S/C21H16ClF3NO2S/c1-13-11-16(23)5-9-19(13)14(2)26(21-12-17(24)6-10-20(21)25)29(27,28)18-7-3-15(22)4-8-18/h3-12,14H,1H2,2H3/t14-/m1/s1. The van der Waals surface area contributed by atoms with E-state index in [4.69, 9.17) is 11.6 Å². The maximum Gasteiger partial charge on any atom is 0.264 e. The Kier molecular flexibility index (Phi) is 5.91. The molecule has 0 fully saturated rings. The third-order valence-electron chi connectivity index (χ3n) is 4.42. The molecule has 0 amide bonds. The lowest BCUT2D eigenvalue weighted by molar-refractivity contribution is 0.570. The minimum Gasteiger partial charge on any atom is -0.256 e. The number of hydrogen-bond donors (Lipinski definition) is 0. The molecular weight excluding hydrogens is 423 g/mol. The first-order valence-corrected chi connectivity index (χ1v) is 10.3. The molecule has 0 N–H and O–H groups in total. The summed E-state index contributed by atoms with van der Waals surface area (Å²) in [7, 11) is -4.34. The smallest absolute Gasteiger partial charge is 0.256 e. The second kappa shape index (κ2) is 8.08. The Morgan fingerprint density at radius 2 is 1.52 bits per heavy atom. The van der Waals surface area contributed by atoms with E-state index < -0.39 is 39.2 Å². The molecule has 151 valence electrons. The minimum atomic E-state index is -4.34. The van der Waals surface area contributed by atoms with Gasteiger partial charge in [-0.15, -0.1) is 0 Å². The molecule has 3 aromatic carbocycles. The van der Waals surface area contributed by atoms with Crippen LogP contribution in [0.3, 0.4) is 0 Å². The molecule has 0 aliphatic carbocycles. The molecule has 1 atom stereocenters. The lowest BCUT2D eigenvalue weighted by Crippen LogP contribution is -2.35. The molecule has 3 rings (SSSR count). The van der Waals surface area contributed by atoms with Crippen molar-refractivity contribution in [1.82, 2.24) is 0 Å². The number of halogens is 4. The molecule has 0 aliphatic rings. The quantitative estimate of drug-likeness (QED) is 0.497. The van der Waals surface area contributed by atoms with Gasteiger partial charge in [0, 0.05) is 11.1 Å². The Hall–Kier alpha value is -2.51. The first-order chi connectivity index (χ1) is 13.6. The summed E-state index contributed by atoms with van der Waals surface area (Å²) in [5.74, 6) is -2.28. The molecular formula is C21H16ClF3NO2S. The van der Waals surface area contributed by atoms with E-state index in [1.165, 1.54) is 37.3 Å². The van der Waals surface area contributed by atoms with Gasteiger partial charge in [-0.1, -0.05) is 17.7 Å². The van der Waals surface area contributed by atoms with Crippen molar-refractivity contribution in [2.75, 3.05) is 4.31 Å². The zero-order chi connectivity index (χ0) is 21.3. The molecule has 0 aliphatic heterocycles. The molecule has 0 saturated carbocycles. The SMILES string of the molecule is [CH2]c1cc(F)ccc1[C@@H](C)N(c1cc(F)ccc1F)S(=O)(=O)c1ccc(Cl)cc1. The van der Waals surface area contributed by atoms with Crippen LogP contribution in [0.5, 0.6) is 0 Å². The Balaban J connectivity index is 2.24. The lowest BCUT2D eigenvalue weighted by atomic mass is 10.0. The zero-order valence-corrected chi connectivity index (χ0v) is 16.8. The van der Waals surface area contributed by atoms with Gasteiger partial charge >= 0.3 is 0 Å². The van der Waals surface area contributed by atoms with Gasteiger partial charge in [0.1, 0.15) is 17.5 Å². The molecule has 3 nitrogen and oxygen atoms in total. The van der Waals surface area contributed by atoms with Crippen LogP contribution in [0.1, 0.15) is 24.1 Å². The van der Waals surface area contributed by atoms with Crippen LogP contribution in [-0.2, 0) is 10.0 Å². The molecule has 0 heterocycles. The molecule has 0 spiro atoms. The van der Waals surface area contributed by atoms with Crippen LogP contribution in [0.15, 0.2) is 65.6 Å². The average molecular weight is 439 g/mol. The van der Waals surface area contributed by atoms with Crippen LogP contribution in [0, 0.1) is 24.4 Å². The fourth-order valence-corrected chi connectivity index (χ4v) is 4.79. The van der Waals surface area contributed by atoms with Gasteiger partial charge in [0.05, 0.1) is 16.6 Å². The van der Waals surface area contributed by atoms with E-state index in [9.17, 15) is 21.6 Å². The van der Waals surface area contributed by atoms with E-state index in [-0.39, 0.29) is 10.5 Å². The monoisotopic (exact) mass is 438 g/mol. The predicted octanol–water partition coefficient (Wildman–Crippen LogP) is 5.90. The highest BCUT2D eigenvalue weighted by Gasteiger charge is 2.33. The maximum absolute atomic E-state index is 14.6. The molecule has 1 radical (unpaired) electrons. The average Bonchev–Trinajstić information content (AvgIpc) is 2.65. The summed E-state index contributed by atoms with van der Waals surface area (Å²) in [6.07, 6.45) is 0. The first-order valence-electron chi connectivity index (χ1n) is 8.47. The van der Waals surface area contributed by atoms with Crippen LogP contribution in [0.25, 0.3) is 0 Å². The fourth-order valence-electron chi connectivity index (χ4n) is 3.03. The van der Waals surface area contributed by atoms with Crippen molar-refractivity contribution in [3.63, 3.8) is 0 Å². The van der Waals surface area contributed by atoms with Crippen LogP contribution >= 0.6 is 11.6 Å². The van der Waals surface area contributed by atoms with Crippen molar-refractivity contribution < 1.29 is 21.6 Å². The van der Waals surface area contributed by atoms with E-state index in [2.05, 4.69) is 6.92 Å². The van der Waals surface area contributed by atoms with Gasteiger partial charge in [0.2, 0.25) is 0 Å². The van der Waals surface area contributed by atoms with Gasteiger partial charge in [0.25, 0.3) is 10.0 Å². The summed E-state index contributed by atoms with van der Waals surface area (Å²) in [6, 6.07) is 10.5. The third kappa shape index (κ3) is 4.26. The highest BCUT2D eigenvalue weighted by atomic mass is 35.5. The van der Waals surface area contributed by atoms with E-state index in [1.807, 2.05) is 0 Å². The Morgan fingerprint density at radius 1 is 0.931 bits per heavy atom. The molecule has 0 saturated heterocycles. The number of hydrogen-bond acceptors (Lipinski definition) is 2. The summed E-state index contributed by atoms with van der Waals surface area (Å²) < 4.78 is 69.5. The molecule has 0 bridgehead atoms. The normalized spacial score (nSPS) is 12.6. The van der Waals surface area contributed by atoms with E-state index >= 15 is 0 Å². The van der Waals surface area contributed by atoms with Crippen molar-refractivity contribution in [2.45, 2.75) is 17.9 Å². The zero-order valence-electron chi connectivity index (χ0n) is 15.2. The summed E-state index contributed by atoms with van der Waals surface area (Å²) in [4.78, 5) is -0.162. The Labute approximate surface area is 172 Å². The van der Waals surface area contributed by atoms with Crippen LogP contribution in [-0.4, -0.2) is 8.42 Å². The third-order valence-corrected chi connectivity index (χ3v) is 6.57. The number of sulfonamides is 1. The molecule has 3 aromatic rings. The van der Waals surface area contributed by atoms with E-state index in [1.54, 1.807) is 0 Å². The van der Waals surface area contributed by atoms with Gasteiger partial charge in [0.15, 0.2) is 0 Å². The topological polar surface area (TPSA) is 37.4 Å². The second-order valence-corrected chi connectivity index (χ2v) is 8.62. The molecule has 29 heavy (non-hydrogen) atoms. The van der Waals surface area contributed by atoms with Crippen molar-refractivity contribution in [3.8, 4) is 0 Å². The number of benzene rings is 3. The highest BCUT2D eigenvalue weighted by Crippen LogP contribution is 2.36. The number of nitrogens with zero attached hydrogens (tertiary/aromatic N) is 1. The summed E-state index contributed by atoms with van der Waals surface area (Å²) >= 11 is 5.84. The van der Waals surface area contributed by atoms with Gasteiger partial charge < -0.3 is 0 Å². The van der Waals surface area contributed by atoms with Gasteiger partial charge in [-0.2, -0.15) is 0 Å². The van der Waals surface area contributed by atoms with Crippen LogP contribution in [0.4, 0.5) is 18.9 Å². The molecule has 8 heteroatoms. The van der Waals surface area contributed by atoms with Crippen molar-refractivity contribution in [2.24, 2.45) is 0 Å². The van der Waals surface area contributed by atoms with Gasteiger partial charge in [-0.3, -0.25) is 4.31 Å². The van der Waals surface area contributed by atoms with Gasteiger partial charge in [-0.25, -0.2) is 21.6 Å². The maximum atomic E-state index is 14.6. The Morgan fingerprint density at radius 3 is 2.14 bits per heavy atom. The van der Waals surface area contributed by atoms with Crippen molar-refractivity contribution in [3.05, 3.63) is 101 Å². The number of rotatable bonds is 5. The highest BCUT2D eigenvalue weighted by molar-refractivity contribution is 7.92. The minimum absolute atomic E-state index is 0.162. The van der Waals surface area contributed by atoms with E-state index in [0.717, 1.165) is 34.6 Å². The molecule has 0 unspecified atom stereocenters. The van der Waals surface area contributed by atoms with Crippen LogP contribution < -0.4 is 4.31 Å². The van der Waals surface area contributed by atoms with Crippen molar-refractivity contribution in [1.29, 1.82) is 0 Å². The molecule has 0 aromatic heterocycles. The largest absolute Gasteiger partial charge is 0.264 e. The van der Waals surface area contributed by atoms with Crippen LogP contribution in [0.2, 0.25) is 5.02 Å².